The minimum atomic E-state index is -1.83. The number of aromatic nitrogens is 4. The summed E-state index contributed by atoms with van der Waals surface area (Å²) in [5.41, 5.74) is -3.42. The first-order valence-corrected chi connectivity index (χ1v) is 5.96. The lowest BCUT2D eigenvalue weighted by Crippen LogP contribution is -2.38. The Morgan fingerprint density at radius 1 is 0.913 bits per heavy atom. The molecule has 0 fully saturated rings. The fourth-order valence-electron chi connectivity index (χ4n) is 1.42. The van der Waals surface area contributed by atoms with E-state index in [1.165, 1.54) is 0 Å². The van der Waals surface area contributed by atoms with Gasteiger partial charge in [-0.05, 0) is 0 Å². The number of rotatable bonds is 5. The van der Waals surface area contributed by atoms with Crippen LogP contribution in [0.15, 0.2) is 31.6 Å². The summed E-state index contributed by atoms with van der Waals surface area (Å²) in [5, 5.41) is 0. The number of ether oxygens (including phenoxy) is 3. The summed E-state index contributed by atoms with van der Waals surface area (Å²) in [6, 6.07) is 0. The molecule has 0 aliphatic heterocycles. The Hall–Kier alpha value is -3.57. The molecule has 12 nitrogen and oxygen atoms in total. The highest BCUT2D eigenvalue weighted by Crippen LogP contribution is 2.08. The number of methoxy groups -OCH3 is 1. The van der Waals surface area contributed by atoms with Crippen molar-refractivity contribution >= 4 is 5.97 Å². The maximum absolute atomic E-state index is 11.6. The Labute approximate surface area is 125 Å². The highest BCUT2D eigenvalue weighted by Gasteiger charge is 2.26. The molecule has 0 saturated carbocycles. The van der Waals surface area contributed by atoms with Crippen molar-refractivity contribution < 1.29 is 19.0 Å². The van der Waals surface area contributed by atoms with Gasteiger partial charge in [-0.15, -0.1) is 0 Å². The molecule has 0 spiro atoms. The van der Waals surface area contributed by atoms with Crippen LogP contribution in [0.1, 0.15) is 0 Å². The molecule has 0 unspecified atom stereocenters. The quantitative estimate of drug-likeness (QED) is 0.341. The predicted molar refractivity (Wildman–Crippen MR) is 72.4 cm³/mol. The Bertz CT molecular complexity index is 867. The SMILES string of the molecule is COC(=O)C(Oc1c[nH]c(=O)[nH]c1=O)Oc1c[nH]c(=O)[nH]c1=O. The molecule has 0 amide bonds. The van der Waals surface area contributed by atoms with E-state index in [4.69, 9.17) is 9.47 Å². The van der Waals surface area contributed by atoms with Crippen molar-refractivity contribution in [2.75, 3.05) is 7.11 Å². The zero-order valence-electron chi connectivity index (χ0n) is 11.5. The Balaban J connectivity index is 2.32. The van der Waals surface area contributed by atoms with Crippen LogP contribution in [-0.2, 0) is 9.53 Å². The molecule has 2 heterocycles. The molecule has 2 aromatic heterocycles. The normalized spacial score (nSPS) is 10.3. The number of esters is 1. The van der Waals surface area contributed by atoms with E-state index in [1.807, 2.05) is 9.97 Å². The number of nitrogens with one attached hydrogen (secondary N) is 4. The zero-order chi connectivity index (χ0) is 17.0. The lowest BCUT2D eigenvalue weighted by Gasteiger charge is -2.16. The summed E-state index contributed by atoms with van der Waals surface area (Å²) in [5.74, 6) is -1.98. The molecule has 4 N–H and O–H groups in total. The van der Waals surface area contributed by atoms with Gasteiger partial charge in [0, 0.05) is 0 Å². The third-order valence-corrected chi connectivity index (χ3v) is 2.43. The van der Waals surface area contributed by atoms with Gasteiger partial charge in [0.15, 0.2) is 0 Å². The van der Waals surface area contributed by atoms with Crippen molar-refractivity contribution in [1.82, 2.24) is 19.9 Å². The molecule has 0 aliphatic carbocycles. The van der Waals surface area contributed by atoms with E-state index in [9.17, 15) is 24.0 Å². The summed E-state index contributed by atoms with van der Waals surface area (Å²) in [4.78, 5) is 64.5. The van der Waals surface area contributed by atoms with Crippen LogP contribution >= 0.6 is 0 Å². The molecule has 0 radical (unpaired) electrons. The smallest absolute Gasteiger partial charge is 0.389 e. The molecule has 122 valence electrons. The maximum atomic E-state index is 11.6. The second kappa shape index (κ2) is 6.46. The summed E-state index contributed by atoms with van der Waals surface area (Å²) < 4.78 is 14.4. The average molecular weight is 326 g/mol. The van der Waals surface area contributed by atoms with E-state index < -0.39 is 46.3 Å². The third kappa shape index (κ3) is 3.75. The van der Waals surface area contributed by atoms with Gasteiger partial charge in [-0.1, -0.05) is 0 Å². The number of hydrogen-bond donors (Lipinski definition) is 4. The monoisotopic (exact) mass is 326 g/mol. The molecule has 2 rings (SSSR count). The Morgan fingerprint density at radius 3 is 1.70 bits per heavy atom. The topological polar surface area (TPSA) is 176 Å². The molecule has 0 atom stereocenters. The molecule has 12 heteroatoms. The third-order valence-electron chi connectivity index (χ3n) is 2.43. The summed E-state index contributed by atoms with van der Waals surface area (Å²) in [6.07, 6.45) is -0.0335. The van der Waals surface area contributed by atoms with Crippen LogP contribution < -0.4 is 32.0 Å². The average Bonchev–Trinajstić information content (AvgIpc) is 2.50. The Kier molecular flexibility index (Phi) is 4.44. The number of aromatic amines is 4. The van der Waals surface area contributed by atoms with Crippen molar-refractivity contribution in [2.24, 2.45) is 0 Å². The standard InChI is InChI=1S/C11H10N4O8/c1-21-8(18)9(22-4-2-12-10(19)14-6(4)16)23-5-3-13-11(20)15-7(5)17/h2-3,9H,1H3,(H2,12,14,16,19)(H2,13,15,17,20). The van der Waals surface area contributed by atoms with Crippen LogP contribution in [0.3, 0.4) is 0 Å². The molecule has 0 saturated heterocycles. The van der Waals surface area contributed by atoms with Gasteiger partial charge in [0.2, 0.25) is 11.5 Å². The molecule has 0 aliphatic rings. The number of H-pyrrole nitrogens is 4. The fraction of sp³-hybridized carbons (Fsp3) is 0.182. The number of carbonyl (C=O) groups is 1. The molecule has 0 aromatic carbocycles. The van der Waals surface area contributed by atoms with Gasteiger partial charge in [0.25, 0.3) is 11.1 Å². The number of carbonyl (C=O) groups excluding carboxylic acids is 1. The van der Waals surface area contributed by atoms with E-state index in [0.29, 0.717) is 0 Å². The van der Waals surface area contributed by atoms with Gasteiger partial charge in [-0.2, -0.15) is 0 Å². The van der Waals surface area contributed by atoms with Crippen LogP contribution in [0.2, 0.25) is 0 Å². The minimum absolute atomic E-state index is 0.458. The van der Waals surface area contributed by atoms with E-state index in [1.54, 1.807) is 0 Å². The van der Waals surface area contributed by atoms with Gasteiger partial charge in [-0.3, -0.25) is 19.6 Å². The second-order valence-electron chi connectivity index (χ2n) is 3.96. The molecule has 2 aromatic rings. The first-order chi connectivity index (χ1) is 10.9. The summed E-state index contributed by atoms with van der Waals surface area (Å²) >= 11 is 0. The summed E-state index contributed by atoms with van der Waals surface area (Å²) in [6.45, 7) is 0. The maximum Gasteiger partial charge on any atom is 0.389 e. The van der Waals surface area contributed by atoms with Crippen LogP contribution in [-0.4, -0.2) is 39.3 Å². The molecule has 23 heavy (non-hydrogen) atoms. The van der Waals surface area contributed by atoms with Gasteiger partial charge in [-0.25, -0.2) is 14.4 Å². The van der Waals surface area contributed by atoms with Crippen LogP contribution in [0, 0.1) is 0 Å². The van der Waals surface area contributed by atoms with Gasteiger partial charge < -0.3 is 24.2 Å². The van der Waals surface area contributed by atoms with E-state index >= 15 is 0 Å². The van der Waals surface area contributed by atoms with Crippen molar-refractivity contribution in [3.05, 3.63) is 54.1 Å². The zero-order valence-corrected chi connectivity index (χ0v) is 11.5. The fourth-order valence-corrected chi connectivity index (χ4v) is 1.42. The first kappa shape index (κ1) is 15.8. The van der Waals surface area contributed by atoms with E-state index in [2.05, 4.69) is 14.7 Å². The second-order valence-corrected chi connectivity index (χ2v) is 3.96. The van der Waals surface area contributed by atoms with Crippen LogP contribution in [0.4, 0.5) is 0 Å². The van der Waals surface area contributed by atoms with E-state index in [0.717, 1.165) is 19.5 Å². The largest absolute Gasteiger partial charge is 0.463 e. The molecular formula is C11H10N4O8. The Morgan fingerprint density at radius 2 is 1.35 bits per heavy atom. The first-order valence-electron chi connectivity index (χ1n) is 5.96. The van der Waals surface area contributed by atoms with Gasteiger partial charge in [0.05, 0.1) is 19.5 Å². The van der Waals surface area contributed by atoms with Crippen LogP contribution in [0.5, 0.6) is 11.5 Å². The van der Waals surface area contributed by atoms with E-state index in [-0.39, 0.29) is 0 Å². The lowest BCUT2D eigenvalue weighted by molar-refractivity contribution is -0.162. The summed E-state index contributed by atoms with van der Waals surface area (Å²) in [7, 11) is 1.02. The molecular weight excluding hydrogens is 316 g/mol. The van der Waals surface area contributed by atoms with Crippen molar-refractivity contribution in [3.63, 3.8) is 0 Å². The van der Waals surface area contributed by atoms with Crippen molar-refractivity contribution in [3.8, 4) is 11.5 Å². The molecule has 0 bridgehead atoms. The highest BCUT2D eigenvalue weighted by atomic mass is 16.7. The van der Waals surface area contributed by atoms with Gasteiger partial charge in [0.1, 0.15) is 0 Å². The highest BCUT2D eigenvalue weighted by molar-refractivity contribution is 5.73. The van der Waals surface area contributed by atoms with Crippen molar-refractivity contribution in [1.29, 1.82) is 0 Å². The van der Waals surface area contributed by atoms with Crippen molar-refractivity contribution in [2.45, 2.75) is 6.29 Å². The minimum Gasteiger partial charge on any atom is -0.463 e. The predicted octanol–water partition coefficient (Wildman–Crippen LogP) is -2.60. The number of hydrogen-bond acceptors (Lipinski definition) is 8. The van der Waals surface area contributed by atoms with Gasteiger partial charge >= 0.3 is 23.6 Å². The van der Waals surface area contributed by atoms with Crippen LogP contribution in [0.25, 0.3) is 0 Å². The lowest BCUT2D eigenvalue weighted by atomic mass is 10.5.